The van der Waals surface area contributed by atoms with Gasteiger partial charge >= 0.3 is 0 Å². The lowest BCUT2D eigenvalue weighted by Gasteiger charge is -1.99. The molecule has 1 aromatic heterocycles. The van der Waals surface area contributed by atoms with Crippen LogP contribution in [0.15, 0.2) is 59.0 Å². The molecule has 0 saturated carbocycles. The first-order chi connectivity index (χ1) is 11.8. The van der Waals surface area contributed by atoms with E-state index in [4.69, 9.17) is 4.42 Å². The van der Waals surface area contributed by atoms with Gasteiger partial charge in [-0.3, -0.25) is 0 Å². The topological polar surface area (TPSA) is 70.0 Å². The molecule has 0 unspecified atom stereocenters. The third kappa shape index (κ3) is 2.29. The van der Waals surface area contributed by atoms with Gasteiger partial charge in [-0.1, -0.05) is 42.5 Å². The molecule has 0 aliphatic rings. The Morgan fingerprint density at radius 1 is 1.00 bits per heavy atom. The molecule has 0 bridgehead atoms. The van der Waals surface area contributed by atoms with E-state index >= 15 is 0 Å². The number of fused-ring (bicyclic) bond motifs is 3. The highest BCUT2D eigenvalue weighted by atomic mass is 16.3. The molecule has 24 heavy (non-hydrogen) atoms. The highest BCUT2D eigenvalue weighted by Gasteiger charge is 2.11. The van der Waals surface area contributed by atoms with Crippen molar-refractivity contribution in [2.75, 3.05) is 0 Å². The number of hydrogen-bond acceptors (Lipinski definition) is 4. The van der Waals surface area contributed by atoms with Crippen molar-refractivity contribution in [1.82, 2.24) is 4.98 Å². The van der Waals surface area contributed by atoms with E-state index in [1.54, 1.807) is 36.4 Å². The number of phenolic OH excluding ortho intramolecular Hbond substituents is 1. The van der Waals surface area contributed by atoms with E-state index in [2.05, 4.69) is 11.1 Å². The molecule has 0 aliphatic carbocycles. The minimum Gasteiger partial charge on any atom is -0.507 e. The van der Waals surface area contributed by atoms with Gasteiger partial charge in [-0.25, -0.2) is 4.98 Å². The Kier molecular flexibility index (Phi) is 3.25. The number of hydrogen-bond donors (Lipinski definition) is 1. The number of oxazole rings is 1. The van der Waals surface area contributed by atoms with Gasteiger partial charge in [0.2, 0.25) is 5.89 Å². The van der Waals surface area contributed by atoms with Crippen LogP contribution >= 0.6 is 0 Å². The summed E-state index contributed by atoms with van der Waals surface area (Å²) < 4.78 is 5.75. The van der Waals surface area contributed by atoms with Crippen LogP contribution in [0, 0.1) is 11.3 Å². The molecule has 0 fully saturated rings. The number of nitriles is 1. The monoisotopic (exact) mass is 312 g/mol. The Bertz CT molecular complexity index is 1130. The first-order valence-electron chi connectivity index (χ1n) is 7.45. The molecule has 0 atom stereocenters. The van der Waals surface area contributed by atoms with Crippen molar-refractivity contribution in [3.05, 3.63) is 71.6 Å². The van der Waals surface area contributed by atoms with Gasteiger partial charge in [0, 0.05) is 28.5 Å². The Morgan fingerprint density at radius 2 is 1.75 bits per heavy atom. The van der Waals surface area contributed by atoms with Crippen LogP contribution in [0.2, 0.25) is 0 Å². The minimum absolute atomic E-state index is 0.196. The summed E-state index contributed by atoms with van der Waals surface area (Å²) in [5, 5.41) is 20.9. The fourth-order valence-electron chi connectivity index (χ4n) is 2.73. The van der Waals surface area contributed by atoms with E-state index in [-0.39, 0.29) is 5.75 Å². The molecule has 3 aromatic carbocycles. The maximum atomic E-state index is 9.80. The molecule has 4 rings (SSSR count). The lowest BCUT2D eigenvalue weighted by atomic mass is 10.0. The molecule has 4 heteroatoms. The summed E-state index contributed by atoms with van der Waals surface area (Å²) in [5.74, 6) is 0.621. The first-order valence-corrected chi connectivity index (χ1v) is 7.45. The van der Waals surface area contributed by atoms with Crippen LogP contribution in [-0.4, -0.2) is 10.1 Å². The number of aromatic hydroxyl groups is 1. The molecule has 0 aliphatic heterocycles. The van der Waals surface area contributed by atoms with Crippen molar-refractivity contribution in [2.24, 2.45) is 0 Å². The first kappa shape index (κ1) is 14.0. The van der Waals surface area contributed by atoms with Gasteiger partial charge in [-0.15, -0.1) is 0 Å². The van der Waals surface area contributed by atoms with Crippen molar-refractivity contribution in [2.45, 2.75) is 0 Å². The van der Waals surface area contributed by atoms with Crippen LogP contribution in [0.3, 0.4) is 0 Å². The summed E-state index contributed by atoms with van der Waals surface area (Å²) in [4.78, 5) is 4.52. The molecule has 0 amide bonds. The zero-order chi connectivity index (χ0) is 16.5. The maximum absolute atomic E-state index is 9.80. The van der Waals surface area contributed by atoms with Gasteiger partial charge < -0.3 is 9.52 Å². The summed E-state index contributed by atoms with van der Waals surface area (Å²) in [6.07, 6.45) is 3.45. The van der Waals surface area contributed by atoms with Gasteiger partial charge in [0.25, 0.3) is 0 Å². The second kappa shape index (κ2) is 5.56. The van der Waals surface area contributed by atoms with Gasteiger partial charge in [-0.05, 0) is 12.1 Å². The Hall–Kier alpha value is -3.58. The van der Waals surface area contributed by atoms with Gasteiger partial charge in [0.15, 0.2) is 5.58 Å². The third-order valence-electron chi connectivity index (χ3n) is 3.88. The van der Waals surface area contributed by atoms with Gasteiger partial charge in [-0.2, -0.15) is 5.26 Å². The molecule has 1 heterocycles. The van der Waals surface area contributed by atoms with Crippen molar-refractivity contribution in [3.8, 4) is 11.8 Å². The maximum Gasteiger partial charge on any atom is 0.220 e. The van der Waals surface area contributed by atoms with E-state index in [1.807, 2.05) is 30.3 Å². The third-order valence-corrected chi connectivity index (χ3v) is 3.88. The molecule has 114 valence electrons. The van der Waals surface area contributed by atoms with E-state index < -0.39 is 0 Å². The molecule has 1 N–H and O–H groups in total. The normalized spacial score (nSPS) is 11.3. The Morgan fingerprint density at radius 3 is 2.54 bits per heavy atom. The zero-order valence-corrected chi connectivity index (χ0v) is 12.6. The largest absolute Gasteiger partial charge is 0.507 e. The van der Waals surface area contributed by atoms with Crippen LogP contribution in [0.25, 0.3) is 34.0 Å². The van der Waals surface area contributed by atoms with Crippen molar-refractivity contribution in [3.63, 3.8) is 0 Å². The Balaban J connectivity index is 1.86. The molecular weight excluding hydrogens is 300 g/mol. The number of nitrogens with zero attached hydrogens (tertiary/aromatic N) is 2. The second-order valence-corrected chi connectivity index (χ2v) is 5.37. The average Bonchev–Trinajstić information content (AvgIpc) is 3.03. The molecule has 0 radical (unpaired) electrons. The van der Waals surface area contributed by atoms with Gasteiger partial charge in [0.1, 0.15) is 11.3 Å². The van der Waals surface area contributed by atoms with Crippen molar-refractivity contribution in [1.29, 1.82) is 5.26 Å². The summed E-state index contributed by atoms with van der Waals surface area (Å²) in [6.45, 7) is 0. The number of rotatable bonds is 2. The van der Waals surface area contributed by atoms with E-state index in [9.17, 15) is 10.4 Å². The Labute approximate surface area is 137 Å². The smallest absolute Gasteiger partial charge is 0.220 e. The average molecular weight is 312 g/mol. The molecule has 4 nitrogen and oxygen atoms in total. The number of phenols is 1. The van der Waals surface area contributed by atoms with Crippen LogP contribution in [0.1, 0.15) is 17.0 Å². The summed E-state index contributed by atoms with van der Waals surface area (Å²) in [7, 11) is 0. The van der Waals surface area contributed by atoms with E-state index in [0.717, 1.165) is 16.3 Å². The summed E-state index contributed by atoms with van der Waals surface area (Å²) in [5.41, 5.74) is 2.54. The van der Waals surface area contributed by atoms with Crippen molar-refractivity contribution < 1.29 is 9.52 Å². The zero-order valence-electron chi connectivity index (χ0n) is 12.6. The predicted octanol–water partition coefficient (Wildman–Crippen LogP) is 4.73. The minimum atomic E-state index is 0.196. The second-order valence-electron chi connectivity index (χ2n) is 5.37. The number of aromatic nitrogens is 1. The summed E-state index contributed by atoms with van der Waals surface area (Å²) >= 11 is 0. The molecule has 0 saturated heterocycles. The van der Waals surface area contributed by atoms with Crippen LogP contribution in [0.5, 0.6) is 5.75 Å². The van der Waals surface area contributed by atoms with Gasteiger partial charge in [0.05, 0.1) is 11.6 Å². The van der Waals surface area contributed by atoms with Crippen molar-refractivity contribution >= 4 is 34.0 Å². The highest BCUT2D eigenvalue weighted by Crippen LogP contribution is 2.29. The van der Waals surface area contributed by atoms with Crippen LogP contribution < -0.4 is 0 Å². The number of para-hydroxylation sites is 1. The molecule has 4 aromatic rings. The van der Waals surface area contributed by atoms with E-state index in [1.165, 1.54) is 0 Å². The molecular formula is C20H12N2O2. The standard InChI is InChI=1S/C20H12N2O2/c21-12-14-11-18-20(16-7-3-2-6-15(14)16)22-19(24-18)10-9-13-5-1-4-8-17(13)23/h1-11,23H/b10-9+. The lowest BCUT2D eigenvalue weighted by molar-refractivity contribution is 0.474. The van der Waals surface area contributed by atoms with Crippen LogP contribution in [-0.2, 0) is 0 Å². The fourth-order valence-corrected chi connectivity index (χ4v) is 2.73. The van der Waals surface area contributed by atoms with Crippen LogP contribution in [0.4, 0.5) is 0 Å². The summed E-state index contributed by atoms with van der Waals surface area (Å²) in [6, 6.07) is 18.6. The highest BCUT2D eigenvalue weighted by molar-refractivity contribution is 6.06. The lowest BCUT2D eigenvalue weighted by Crippen LogP contribution is -1.81. The quantitative estimate of drug-likeness (QED) is 0.581. The van der Waals surface area contributed by atoms with E-state index in [0.29, 0.717) is 22.6 Å². The molecule has 0 spiro atoms. The SMILES string of the molecule is N#Cc1cc2oc(/C=C/c3ccccc3O)nc2c2ccccc12. The number of benzene rings is 3. The predicted molar refractivity (Wildman–Crippen MR) is 93.3 cm³/mol. The fraction of sp³-hybridized carbons (Fsp3) is 0.